The molecule has 21 heavy (non-hydrogen) atoms. The molecule has 2 N–H and O–H groups in total. The highest BCUT2D eigenvalue weighted by atomic mass is 16.1. The van der Waals surface area contributed by atoms with E-state index in [9.17, 15) is 4.79 Å². The number of nitrogens with two attached hydrogens (primary N) is 1. The fourth-order valence-corrected chi connectivity index (χ4v) is 3.30. The van der Waals surface area contributed by atoms with Gasteiger partial charge >= 0.3 is 0 Å². The van der Waals surface area contributed by atoms with Gasteiger partial charge in [0.15, 0.2) is 0 Å². The molecule has 2 aliphatic heterocycles. The smallest absolute Gasteiger partial charge is 0.225 e. The van der Waals surface area contributed by atoms with Crippen LogP contribution in [-0.4, -0.2) is 47.5 Å². The Labute approximate surface area is 125 Å². The predicted octanol–water partition coefficient (Wildman–Crippen LogP) is 0.503. The first-order valence-electron chi connectivity index (χ1n) is 7.46. The number of amides is 1. The third-order valence-electron chi connectivity index (χ3n) is 4.45. The fourth-order valence-electron chi connectivity index (χ4n) is 3.30. The van der Waals surface area contributed by atoms with E-state index in [1.165, 1.54) is 0 Å². The molecule has 2 aliphatic rings. The summed E-state index contributed by atoms with van der Waals surface area (Å²) >= 11 is 0. The molecule has 0 spiro atoms. The number of rotatable bonds is 3. The molecule has 1 aromatic heterocycles. The van der Waals surface area contributed by atoms with Crippen molar-refractivity contribution < 1.29 is 4.79 Å². The van der Waals surface area contributed by atoms with Crippen LogP contribution in [0.3, 0.4) is 0 Å². The molecule has 2 fully saturated rings. The zero-order valence-electron chi connectivity index (χ0n) is 12.9. The lowest BCUT2D eigenvalue weighted by atomic mass is 10.0. The second-order valence-electron chi connectivity index (χ2n) is 6.90. The molecular formula is C15H23N5O. The van der Waals surface area contributed by atoms with Crippen molar-refractivity contribution >= 4 is 12.4 Å². The molecule has 3 heterocycles. The van der Waals surface area contributed by atoms with Crippen molar-refractivity contribution in [3.63, 3.8) is 0 Å². The van der Waals surface area contributed by atoms with E-state index >= 15 is 0 Å². The quantitative estimate of drug-likeness (QED) is 0.820. The van der Waals surface area contributed by atoms with Gasteiger partial charge in [0.2, 0.25) is 12.4 Å². The Hall–Kier alpha value is -1.69. The van der Waals surface area contributed by atoms with Crippen LogP contribution in [0.1, 0.15) is 25.2 Å². The van der Waals surface area contributed by atoms with Crippen LogP contribution in [0, 0.1) is 18.8 Å². The number of nitrogens with zero attached hydrogens (tertiary/aromatic N) is 4. The number of likely N-dealkylation sites (tertiary alicyclic amines) is 1. The van der Waals surface area contributed by atoms with Gasteiger partial charge in [-0.2, -0.15) is 0 Å². The summed E-state index contributed by atoms with van der Waals surface area (Å²) in [5.74, 6) is 1.85. The summed E-state index contributed by atoms with van der Waals surface area (Å²) in [4.78, 5) is 24.2. The van der Waals surface area contributed by atoms with Gasteiger partial charge in [-0.1, -0.05) is 0 Å². The van der Waals surface area contributed by atoms with Crippen LogP contribution in [0.5, 0.6) is 0 Å². The minimum atomic E-state index is -0.466. The second kappa shape index (κ2) is 4.94. The summed E-state index contributed by atoms with van der Waals surface area (Å²) in [5, 5.41) is 0. The average molecular weight is 289 g/mol. The van der Waals surface area contributed by atoms with Crippen LogP contribution in [0.25, 0.3) is 0 Å². The first-order valence-corrected chi connectivity index (χ1v) is 7.46. The molecule has 1 aromatic rings. The molecule has 0 aromatic carbocycles. The molecule has 0 radical (unpaired) electrons. The average Bonchev–Trinajstić information content (AvgIpc) is 2.94. The van der Waals surface area contributed by atoms with E-state index in [0.717, 1.165) is 49.9 Å². The molecule has 3 rings (SSSR count). The normalized spacial score (nSPS) is 25.3. The highest BCUT2D eigenvalue weighted by molar-refractivity contribution is 5.48. The van der Waals surface area contributed by atoms with E-state index in [1.54, 1.807) is 0 Å². The van der Waals surface area contributed by atoms with Gasteiger partial charge in [-0.3, -0.25) is 4.79 Å². The van der Waals surface area contributed by atoms with Crippen molar-refractivity contribution in [2.75, 3.05) is 31.1 Å². The third kappa shape index (κ3) is 2.72. The highest BCUT2D eigenvalue weighted by Crippen LogP contribution is 2.32. The number of fused-ring (bicyclic) bond motifs is 1. The van der Waals surface area contributed by atoms with Crippen LogP contribution in [0.2, 0.25) is 0 Å². The van der Waals surface area contributed by atoms with Gasteiger partial charge in [0.1, 0.15) is 0 Å². The maximum Gasteiger partial charge on any atom is 0.225 e. The Bertz CT molecular complexity index is 539. The van der Waals surface area contributed by atoms with Crippen molar-refractivity contribution in [2.45, 2.75) is 26.3 Å². The van der Waals surface area contributed by atoms with Gasteiger partial charge in [-0.05, 0) is 26.8 Å². The lowest BCUT2D eigenvalue weighted by Gasteiger charge is -2.23. The highest BCUT2D eigenvalue weighted by Gasteiger charge is 2.40. The standard InChI is InChI=1S/C15H23N5O/c1-10-4-13(15(2,3)16)18-14(17-10)20-7-11-5-19(9-21)6-12(11)8-20/h4,9,11-12H,5-8,16H2,1-3H3/t11-,12+. The van der Waals surface area contributed by atoms with Gasteiger partial charge in [0, 0.05) is 43.7 Å². The minimum absolute atomic E-state index is 0.466. The van der Waals surface area contributed by atoms with Crippen molar-refractivity contribution in [2.24, 2.45) is 17.6 Å². The zero-order valence-corrected chi connectivity index (χ0v) is 12.9. The number of carbonyl (C=O) groups is 1. The number of aryl methyl sites for hydroxylation is 1. The largest absolute Gasteiger partial charge is 0.345 e. The van der Waals surface area contributed by atoms with Crippen LogP contribution in [0.15, 0.2) is 6.07 Å². The van der Waals surface area contributed by atoms with Crippen LogP contribution < -0.4 is 10.6 Å². The molecule has 2 atom stereocenters. The summed E-state index contributed by atoms with van der Waals surface area (Å²) in [7, 11) is 0. The van der Waals surface area contributed by atoms with E-state index in [-0.39, 0.29) is 0 Å². The minimum Gasteiger partial charge on any atom is -0.345 e. The summed E-state index contributed by atoms with van der Waals surface area (Å²) in [6.07, 6.45) is 0.959. The predicted molar refractivity (Wildman–Crippen MR) is 80.8 cm³/mol. The van der Waals surface area contributed by atoms with E-state index in [2.05, 4.69) is 14.9 Å². The van der Waals surface area contributed by atoms with Crippen molar-refractivity contribution in [1.82, 2.24) is 14.9 Å². The molecular weight excluding hydrogens is 266 g/mol. The first kappa shape index (κ1) is 14.3. The van der Waals surface area contributed by atoms with E-state index in [4.69, 9.17) is 5.73 Å². The van der Waals surface area contributed by atoms with Crippen LogP contribution in [0.4, 0.5) is 5.95 Å². The number of anilines is 1. The monoisotopic (exact) mass is 289 g/mol. The number of carbonyl (C=O) groups excluding carboxylic acids is 1. The van der Waals surface area contributed by atoms with Gasteiger partial charge in [0.05, 0.1) is 11.2 Å². The van der Waals surface area contributed by atoms with Crippen LogP contribution >= 0.6 is 0 Å². The Kier molecular flexibility index (Phi) is 3.36. The molecule has 0 unspecified atom stereocenters. The van der Waals surface area contributed by atoms with Gasteiger partial charge in [-0.15, -0.1) is 0 Å². The lowest BCUT2D eigenvalue weighted by Crippen LogP contribution is -2.33. The Balaban J connectivity index is 1.80. The fraction of sp³-hybridized carbons (Fsp3) is 0.667. The number of aromatic nitrogens is 2. The molecule has 2 saturated heterocycles. The summed E-state index contributed by atoms with van der Waals surface area (Å²) in [5.41, 5.74) is 7.52. The van der Waals surface area contributed by atoms with E-state index in [0.29, 0.717) is 11.8 Å². The maximum absolute atomic E-state index is 10.9. The zero-order chi connectivity index (χ0) is 15.2. The Morgan fingerprint density at radius 1 is 1.24 bits per heavy atom. The van der Waals surface area contributed by atoms with Crippen LogP contribution in [-0.2, 0) is 10.3 Å². The third-order valence-corrected chi connectivity index (χ3v) is 4.45. The number of hydrogen-bond donors (Lipinski definition) is 1. The van der Waals surface area contributed by atoms with E-state index < -0.39 is 5.54 Å². The molecule has 114 valence electrons. The molecule has 6 heteroatoms. The second-order valence-corrected chi connectivity index (χ2v) is 6.90. The molecule has 0 aliphatic carbocycles. The molecule has 0 bridgehead atoms. The lowest BCUT2D eigenvalue weighted by molar-refractivity contribution is -0.117. The van der Waals surface area contributed by atoms with Crippen molar-refractivity contribution in [3.05, 3.63) is 17.5 Å². The summed E-state index contributed by atoms with van der Waals surface area (Å²) in [6, 6.07) is 1.95. The van der Waals surface area contributed by atoms with Gasteiger partial charge < -0.3 is 15.5 Å². The van der Waals surface area contributed by atoms with Gasteiger partial charge in [-0.25, -0.2) is 9.97 Å². The molecule has 6 nitrogen and oxygen atoms in total. The van der Waals surface area contributed by atoms with Crippen molar-refractivity contribution in [1.29, 1.82) is 0 Å². The van der Waals surface area contributed by atoms with Crippen molar-refractivity contribution in [3.8, 4) is 0 Å². The summed E-state index contributed by atoms with van der Waals surface area (Å²) < 4.78 is 0. The SMILES string of the molecule is Cc1cc(C(C)(C)N)nc(N2C[C@H]3CN(C=O)C[C@H]3C2)n1. The molecule has 0 saturated carbocycles. The van der Waals surface area contributed by atoms with E-state index in [1.807, 2.05) is 31.7 Å². The Morgan fingerprint density at radius 2 is 1.86 bits per heavy atom. The molecule has 1 amide bonds. The topological polar surface area (TPSA) is 75.3 Å². The Morgan fingerprint density at radius 3 is 2.38 bits per heavy atom. The number of hydrogen-bond acceptors (Lipinski definition) is 5. The first-order chi connectivity index (χ1) is 9.86. The van der Waals surface area contributed by atoms with Gasteiger partial charge in [0.25, 0.3) is 0 Å². The summed E-state index contributed by atoms with van der Waals surface area (Å²) in [6.45, 7) is 9.44. The maximum atomic E-state index is 10.9.